The lowest BCUT2D eigenvalue weighted by molar-refractivity contribution is 0.331. The SMILES string of the molecule is CS(=O)(=O)N1CCC(Nc2cc[nH]n2)CC1. The summed E-state index contributed by atoms with van der Waals surface area (Å²) in [7, 11) is -3.03. The molecule has 1 fully saturated rings. The van der Waals surface area contributed by atoms with Gasteiger partial charge in [-0.15, -0.1) is 0 Å². The molecule has 0 radical (unpaired) electrons. The predicted octanol–water partition coefficient (Wildman–Crippen LogP) is 0.246. The number of hydrogen-bond acceptors (Lipinski definition) is 4. The Hall–Kier alpha value is -1.08. The minimum Gasteiger partial charge on any atom is -0.366 e. The monoisotopic (exact) mass is 244 g/mol. The van der Waals surface area contributed by atoms with Crippen LogP contribution in [0.15, 0.2) is 12.3 Å². The van der Waals surface area contributed by atoms with E-state index in [-0.39, 0.29) is 0 Å². The molecule has 1 aromatic rings. The molecule has 1 aromatic heterocycles. The van der Waals surface area contributed by atoms with Gasteiger partial charge in [0.15, 0.2) is 0 Å². The molecule has 0 aliphatic carbocycles. The van der Waals surface area contributed by atoms with Crippen LogP contribution in [0.5, 0.6) is 0 Å². The number of rotatable bonds is 3. The van der Waals surface area contributed by atoms with E-state index in [0.29, 0.717) is 19.1 Å². The number of aromatic amines is 1. The van der Waals surface area contributed by atoms with Crippen molar-refractivity contribution in [2.24, 2.45) is 0 Å². The molecule has 1 saturated heterocycles. The van der Waals surface area contributed by atoms with Gasteiger partial charge in [-0.2, -0.15) is 5.10 Å². The van der Waals surface area contributed by atoms with Gasteiger partial charge in [0.1, 0.15) is 5.82 Å². The van der Waals surface area contributed by atoms with Crippen molar-refractivity contribution in [1.82, 2.24) is 14.5 Å². The van der Waals surface area contributed by atoms with Gasteiger partial charge in [-0.1, -0.05) is 0 Å². The summed E-state index contributed by atoms with van der Waals surface area (Å²) >= 11 is 0. The van der Waals surface area contributed by atoms with Crippen molar-refractivity contribution in [2.75, 3.05) is 24.7 Å². The number of sulfonamides is 1. The fourth-order valence-corrected chi connectivity index (χ4v) is 2.76. The Balaban J connectivity index is 1.86. The van der Waals surface area contributed by atoms with Gasteiger partial charge in [0.2, 0.25) is 10.0 Å². The Bertz CT molecular complexity index is 420. The van der Waals surface area contributed by atoms with Gasteiger partial charge in [0.25, 0.3) is 0 Å². The zero-order valence-electron chi connectivity index (χ0n) is 9.18. The lowest BCUT2D eigenvalue weighted by Crippen LogP contribution is -2.41. The molecule has 16 heavy (non-hydrogen) atoms. The third-order valence-electron chi connectivity index (χ3n) is 2.78. The summed E-state index contributed by atoms with van der Waals surface area (Å²) in [5, 5.41) is 10.0. The second kappa shape index (κ2) is 4.42. The van der Waals surface area contributed by atoms with Gasteiger partial charge in [-0.05, 0) is 18.9 Å². The summed E-state index contributed by atoms with van der Waals surface area (Å²) in [4.78, 5) is 0. The van der Waals surface area contributed by atoms with Crippen LogP contribution in [-0.4, -0.2) is 48.3 Å². The van der Waals surface area contributed by atoms with Crippen LogP contribution in [0.3, 0.4) is 0 Å². The van der Waals surface area contributed by atoms with Crippen LogP contribution < -0.4 is 5.32 Å². The van der Waals surface area contributed by atoms with Crippen LogP contribution in [0.4, 0.5) is 5.82 Å². The highest BCUT2D eigenvalue weighted by molar-refractivity contribution is 7.88. The first kappa shape index (κ1) is 11.4. The molecule has 2 heterocycles. The Kier molecular flexibility index (Phi) is 3.15. The lowest BCUT2D eigenvalue weighted by atomic mass is 10.1. The van der Waals surface area contributed by atoms with E-state index in [1.807, 2.05) is 6.07 Å². The maximum atomic E-state index is 11.3. The summed E-state index contributed by atoms with van der Waals surface area (Å²) in [5.41, 5.74) is 0. The average molecular weight is 244 g/mol. The molecule has 2 rings (SSSR count). The van der Waals surface area contributed by atoms with E-state index in [1.54, 1.807) is 6.20 Å². The van der Waals surface area contributed by atoms with Crippen molar-refractivity contribution in [3.05, 3.63) is 12.3 Å². The van der Waals surface area contributed by atoms with Crippen LogP contribution >= 0.6 is 0 Å². The summed E-state index contributed by atoms with van der Waals surface area (Å²) in [6.45, 7) is 1.17. The number of hydrogen-bond donors (Lipinski definition) is 2. The van der Waals surface area contributed by atoms with Crippen molar-refractivity contribution in [3.8, 4) is 0 Å². The number of aromatic nitrogens is 2. The van der Waals surface area contributed by atoms with Crippen LogP contribution in [0.25, 0.3) is 0 Å². The second-order valence-corrected chi connectivity index (χ2v) is 6.02. The maximum absolute atomic E-state index is 11.3. The number of H-pyrrole nitrogens is 1. The summed E-state index contributed by atoms with van der Waals surface area (Å²) < 4.78 is 24.1. The normalized spacial score (nSPS) is 19.8. The molecule has 6 nitrogen and oxygen atoms in total. The van der Waals surface area contributed by atoms with Crippen LogP contribution in [0.2, 0.25) is 0 Å². The molecule has 0 saturated carbocycles. The van der Waals surface area contributed by atoms with Crippen molar-refractivity contribution in [3.63, 3.8) is 0 Å². The van der Waals surface area contributed by atoms with Crippen molar-refractivity contribution in [1.29, 1.82) is 0 Å². The van der Waals surface area contributed by atoms with E-state index >= 15 is 0 Å². The van der Waals surface area contributed by atoms with Gasteiger partial charge < -0.3 is 5.32 Å². The van der Waals surface area contributed by atoms with Gasteiger partial charge >= 0.3 is 0 Å². The van der Waals surface area contributed by atoms with E-state index < -0.39 is 10.0 Å². The molecular formula is C9H16N4O2S. The topological polar surface area (TPSA) is 78.1 Å². The van der Waals surface area contributed by atoms with Gasteiger partial charge in [-0.25, -0.2) is 12.7 Å². The van der Waals surface area contributed by atoms with Gasteiger partial charge in [0.05, 0.1) is 6.26 Å². The fraction of sp³-hybridized carbons (Fsp3) is 0.667. The molecular weight excluding hydrogens is 228 g/mol. The molecule has 0 spiro atoms. The molecule has 1 aliphatic heterocycles. The third kappa shape index (κ3) is 2.73. The number of nitrogens with zero attached hydrogens (tertiary/aromatic N) is 2. The van der Waals surface area contributed by atoms with Crippen LogP contribution in [-0.2, 0) is 10.0 Å². The van der Waals surface area contributed by atoms with Gasteiger partial charge in [0, 0.05) is 25.3 Å². The molecule has 0 unspecified atom stereocenters. The Morgan fingerprint density at radius 3 is 2.69 bits per heavy atom. The highest BCUT2D eigenvalue weighted by Gasteiger charge is 2.24. The molecule has 2 N–H and O–H groups in total. The van der Waals surface area contributed by atoms with E-state index in [9.17, 15) is 8.42 Å². The third-order valence-corrected chi connectivity index (χ3v) is 4.08. The number of nitrogens with one attached hydrogen (secondary N) is 2. The molecule has 90 valence electrons. The van der Waals surface area contributed by atoms with E-state index in [4.69, 9.17) is 0 Å². The fourth-order valence-electron chi connectivity index (χ4n) is 1.88. The molecule has 0 atom stereocenters. The van der Waals surface area contributed by atoms with Crippen LogP contribution in [0.1, 0.15) is 12.8 Å². The molecule has 0 bridgehead atoms. The standard InChI is InChI=1S/C9H16N4O2S/c1-16(14,15)13-6-3-8(4-7-13)11-9-2-5-10-12-9/h2,5,8H,3-4,6-7H2,1H3,(H2,10,11,12). The summed E-state index contributed by atoms with van der Waals surface area (Å²) in [6.07, 6.45) is 4.66. The molecule has 0 amide bonds. The number of anilines is 1. The number of piperidine rings is 1. The van der Waals surface area contributed by atoms with Gasteiger partial charge in [-0.3, -0.25) is 5.10 Å². The minimum atomic E-state index is -3.03. The molecule has 0 aromatic carbocycles. The highest BCUT2D eigenvalue weighted by atomic mass is 32.2. The van der Waals surface area contributed by atoms with E-state index in [1.165, 1.54) is 10.6 Å². The zero-order valence-corrected chi connectivity index (χ0v) is 10.00. The first-order valence-electron chi connectivity index (χ1n) is 5.27. The first-order chi connectivity index (χ1) is 7.55. The first-order valence-corrected chi connectivity index (χ1v) is 7.12. The smallest absolute Gasteiger partial charge is 0.211 e. The van der Waals surface area contributed by atoms with Crippen molar-refractivity contribution < 1.29 is 8.42 Å². The van der Waals surface area contributed by atoms with Crippen molar-refractivity contribution >= 4 is 15.8 Å². The molecule has 7 heteroatoms. The summed E-state index contributed by atoms with van der Waals surface area (Å²) in [6, 6.07) is 2.17. The highest BCUT2D eigenvalue weighted by Crippen LogP contribution is 2.16. The largest absolute Gasteiger partial charge is 0.366 e. The predicted molar refractivity (Wildman–Crippen MR) is 61.6 cm³/mol. The van der Waals surface area contributed by atoms with Crippen molar-refractivity contribution in [2.45, 2.75) is 18.9 Å². The summed E-state index contributed by atoms with van der Waals surface area (Å²) in [5.74, 6) is 0.817. The van der Waals surface area contributed by atoms with Crippen LogP contribution in [0, 0.1) is 0 Å². The Morgan fingerprint density at radius 2 is 2.19 bits per heavy atom. The average Bonchev–Trinajstić information content (AvgIpc) is 2.70. The minimum absolute atomic E-state index is 0.307. The van der Waals surface area contributed by atoms with E-state index in [0.717, 1.165) is 18.7 Å². The van der Waals surface area contributed by atoms with E-state index in [2.05, 4.69) is 15.5 Å². The zero-order chi connectivity index (χ0) is 11.6. The lowest BCUT2D eigenvalue weighted by Gasteiger charge is -2.30. The Morgan fingerprint density at radius 1 is 1.50 bits per heavy atom. The Labute approximate surface area is 95.1 Å². The molecule has 1 aliphatic rings. The second-order valence-electron chi connectivity index (χ2n) is 4.04. The maximum Gasteiger partial charge on any atom is 0.211 e. The quantitative estimate of drug-likeness (QED) is 0.798.